The Labute approximate surface area is 205 Å². The van der Waals surface area contributed by atoms with Crippen molar-refractivity contribution in [3.05, 3.63) is 12.2 Å². The third kappa shape index (κ3) is 2.91. The van der Waals surface area contributed by atoms with Crippen LogP contribution < -0.4 is 0 Å². The van der Waals surface area contributed by atoms with Gasteiger partial charge in [0.1, 0.15) is 0 Å². The van der Waals surface area contributed by atoms with E-state index in [9.17, 15) is 25.5 Å². The Balaban J connectivity index is 1.56. The lowest BCUT2D eigenvalue weighted by atomic mass is 9.34. The molecule has 0 aromatic carbocycles. The summed E-state index contributed by atoms with van der Waals surface area (Å²) in [4.78, 5) is 0. The van der Waals surface area contributed by atoms with Gasteiger partial charge in [0.05, 0.1) is 31.5 Å². The quantitative estimate of drug-likeness (QED) is 0.392. The Morgan fingerprint density at radius 1 is 0.765 bits per heavy atom. The first-order chi connectivity index (χ1) is 15.8. The summed E-state index contributed by atoms with van der Waals surface area (Å²) in [5.41, 5.74) is -1.24. The fourth-order valence-corrected chi connectivity index (χ4v) is 10.7. The Bertz CT molecular complexity index is 849. The Hall–Kier alpha value is -0.460. The predicted octanol–water partition coefficient (Wildman–Crippen LogP) is 3.67. The Morgan fingerprint density at radius 3 is 2.00 bits per heavy atom. The molecule has 0 heterocycles. The molecular weight excluding hydrogens is 428 g/mol. The first-order valence-electron chi connectivity index (χ1n) is 13.7. The van der Waals surface area contributed by atoms with Crippen LogP contribution in [0.1, 0.15) is 86.0 Å². The second-order valence-corrected chi connectivity index (χ2v) is 14.7. The minimum Gasteiger partial charge on any atom is -0.396 e. The molecule has 4 saturated carbocycles. The molecule has 5 N–H and O–H groups in total. The second-order valence-electron chi connectivity index (χ2n) is 14.7. The molecule has 10 unspecified atom stereocenters. The molecule has 0 aromatic rings. The third-order valence-electron chi connectivity index (χ3n) is 12.8. The minimum atomic E-state index is -1.12. The van der Waals surface area contributed by atoms with Crippen molar-refractivity contribution < 1.29 is 25.5 Å². The zero-order valence-electron chi connectivity index (χ0n) is 21.9. The SMILES string of the molecule is CC1(C)CCC2(CCC3(C)C(C=CC4C5(C)CC(O)C(O)C(CO)(CO)C5CCC43C)C2O)C1. The van der Waals surface area contributed by atoms with Gasteiger partial charge in [0, 0.05) is 11.3 Å². The summed E-state index contributed by atoms with van der Waals surface area (Å²) in [6.07, 6.45) is 9.96. The van der Waals surface area contributed by atoms with Gasteiger partial charge in [-0.05, 0) is 90.3 Å². The number of allylic oxidation sites excluding steroid dienone is 1. The van der Waals surface area contributed by atoms with Crippen LogP contribution in [0.5, 0.6) is 0 Å². The van der Waals surface area contributed by atoms with Crippen LogP contribution in [0, 0.1) is 50.2 Å². The highest BCUT2D eigenvalue weighted by Crippen LogP contribution is 2.74. The van der Waals surface area contributed by atoms with Crippen molar-refractivity contribution in [2.45, 2.75) is 104 Å². The van der Waals surface area contributed by atoms with E-state index in [2.05, 4.69) is 46.8 Å². The Kier molecular flexibility index (Phi) is 5.59. The van der Waals surface area contributed by atoms with Crippen molar-refractivity contribution in [2.75, 3.05) is 13.2 Å². The van der Waals surface area contributed by atoms with Crippen LogP contribution in [-0.2, 0) is 0 Å². The molecular formula is C29H48O5. The minimum absolute atomic E-state index is 0.0242. The summed E-state index contributed by atoms with van der Waals surface area (Å²) in [5.74, 6) is 0.198. The standard InChI is InChI=1S/C29H48O5/c1-24(2)10-12-28(15-24)13-11-26(4)18(22(28)33)6-7-20-25(3)14-19(32)23(34)29(16-30,17-31)21(25)8-9-27(20,26)5/h6-7,18-23,30-34H,8-17H2,1-5H3. The number of aliphatic hydroxyl groups is 5. The molecule has 10 atom stereocenters. The van der Waals surface area contributed by atoms with Gasteiger partial charge in [0.25, 0.3) is 0 Å². The molecule has 4 fully saturated rings. The lowest BCUT2D eigenvalue weighted by molar-refractivity contribution is -0.260. The molecule has 0 radical (unpaired) electrons. The van der Waals surface area contributed by atoms with Crippen molar-refractivity contribution >= 4 is 0 Å². The van der Waals surface area contributed by atoms with Crippen molar-refractivity contribution in [3.63, 3.8) is 0 Å². The number of aliphatic hydroxyl groups excluding tert-OH is 5. The highest BCUT2D eigenvalue weighted by atomic mass is 16.3. The first-order valence-corrected chi connectivity index (χ1v) is 13.7. The Morgan fingerprint density at radius 2 is 1.41 bits per heavy atom. The number of hydrogen-bond donors (Lipinski definition) is 5. The van der Waals surface area contributed by atoms with Gasteiger partial charge in [-0.15, -0.1) is 0 Å². The maximum Gasteiger partial charge on any atom is 0.0902 e. The topological polar surface area (TPSA) is 101 Å². The zero-order valence-corrected chi connectivity index (χ0v) is 21.9. The van der Waals surface area contributed by atoms with E-state index in [1.165, 1.54) is 6.42 Å². The van der Waals surface area contributed by atoms with Gasteiger partial charge < -0.3 is 25.5 Å². The first kappa shape index (κ1) is 25.2. The molecule has 0 aromatic heterocycles. The fraction of sp³-hybridized carbons (Fsp3) is 0.931. The maximum atomic E-state index is 11.9. The van der Waals surface area contributed by atoms with Crippen molar-refractivity contribution in [1.82, 2.24) is 0 Å². The van der Waals surface area contributed by atoms with Gasteiger partial charge in [-0.3, -0.25) is 0 Å². The molecule has 0 aliphatic heterocycles. The van der Waals surface area contributed by atoms with Gasteiger partial charge in [0.2, 0.25) is 0 Å². The predicted molar refractivity (Wildman–Crippen MR) is 132 cm³/mol. The summed E-state index contributed by atoms with van der Waals surface area (Å²) in [6.45, 7) is 11.0. The van der Waals surface area contributed by atoms with Crippen LogP contribution in [0.4, 0.5) is 0 Å². The summed E-state index contributed by atoms with van der Waals surface area (Å²) >= 11 is 0. The summed E-state index contributed by atoms with van der Waals surface area (Å²) in [7, 11) is 0. The van der Waals surface area contributed by atoms with Crippen LogP contribution in [0.15, 0.2) is 12.2 Å². The molecule has 5 aliphatic carbocycles. The summed E-state index contributed by atoms with van der Waals surface area (Å²) < 4.78 is 0. The van der Waals surface area contributed by atoms with Crippen LogP contribution in [-0.4, -0.2) is 57.1 Å². The lowest BCUT2D eigenvalue weighted by Crippen LogP contribution is -2.70. The van der Waals surface area contributed by atoms with Crippen molar-refractivity contribution in [3.8, 4) is 0 Å². The third-order valence-corrected chi connectivity index (χ3v) is 12.8. The molecule has 0 bridgehead atoms. The normalized spacial score (nSPS) is 55.5. The van der Waals surface area contributed by atoms with Crippen LogP contribution >= 0.6 is 0 Å². The monoisotopic (exact) mass is 476 g/mol. The average Bonchev–Trinajstić information content (AvgIpc) is 3.09. The molecule has 0 saturated heterocycles. The second kappa shape index (κ2) is 7.54. The fourth-order valence-electron chi connectivity index (χ4n) is 10.7. The van der Waals surface area contributed by atoms with Gasteiger partial charge in [-0.25, -0.2) is 0 Å². The lowest BCUT2D eigenvalue weighted by Gasteiger charge is -2.71. The van der Waals surface area contributed by atoms with E-state index < -0.39 is 17.6 Å². The molecule has 34 heavy (non-hydrogen) atoms. The van der Waals surface area contributed by atoms with Crippen LogP contribution in [0.2, 0.25) is 0 Å². The molecule has 5 heteroatoms. The largest absolute Gasteiger partial charge is 0.396 e. The van der Waals surface area contributed by atoms with Gasteiger partial charge in [0.15, 0.2) is 0 Å². The average molecular weight is 477 g/mol. The van der Waals surface area contributed by atoms with E-state index >= 15 is 0 Å². The van der Waals surface area contributed by atoms with Gasteiger partial charge >= 0.3 is 0 Å². The maximum absolute atomic E-state index is 11.9. The van der Waals surface area contributed by atoms with E-state index in [1.807, 2.05) is 0 Å². The molecule has 5 aliphatic rings. The van der Waals surface area contributed by atoms with E-state index in [-0.39, 0.29) is 58.7 Å². The van der Waals surface area contributed by atoms with E-state index in [0.717, 1.165) is 38.5 Å². The number of fused-ring (bicyclic) bond motifs is 5. The molecule has 194 valence electrons. The smallest absolute Gasteiger partial charge is 0.0902 e. The van der Waals surface area contributed by atoms with E-state index in [4.69, 9.17) is 0 Å². The van der Waals surface area contributed by atoms with Gasteiger partial charge in [-0.1, -0.05) is 46.8 Å². The molecule has 0 amide bonds. The van der Waals surface area contributed by atoms with E-state index in [1.54, 1.807) is 0 Å². The summed E-state index contributed by atoms with van der Waals surface area (Å²) in [5, 5.41) is 54.5. The van der Waals surface area contributed by atoms with Gasteiger partial charge in [-0.2, -0.15) is 0 Å². The molecule has 5 rings (SSSR count). The van der Waals surface area contributed by atoms with E-state index in [0.29, 0.717) is 11.8 Å². The molecule has 5 nitrogen and oxygen atoms in total. The highest BCUT2D eigenvalue weighted by Gasteiger charge is 2.71. The van der Waals surface area contributed by atoms with Crippen molar-refractivity contribution in [2.24, 2.45) is 50.2 Å². The van der Waals surface area contributed by atoms with Crippen LogP contribution in [0.3, 0.4) is 0 Å². The zero-order chi connectivity index (χ0) is 24.9. The van der Waals surface area contributed by atoms with Crippen molar-refractivity contribution in [1.29, 1.82) is 0 Å². The summed E-state index contributed by atoms with van der Waals surface area (Å²) in [6, 6.07) is 0. The molecule has 1 spiro atoms. The number of rotatable bonds is 2. The number of hydrogen-bond acceptors (Lipinski definition) is 5. The van der Waals surface area contributed by atoms with Crippen LogP contribution in [0.25, 0.3) is 0 Å². The highest BCUT2D eigenvalue weighted by molar-refractivity contribution is 5.27.